The zero-order chi connectivity index (χ0) is 12.3. The van der Waals surface area contributed by atoms with Crippen LogP contribution in [0.2, 0.25) is 0 Å². The van der Waals surface area contributed by atoms with Crippen LogP contribution in [0.5, 0.6) is 0 Å². The number of hydrogen-bond donors (Lipinski definition) is 1. The molecule has 2 atom stereocenters. The Hall–Kier alpha value is -0.610. The summed E-state index contributed by atoms with van der Waals surface area (Å²) in [6.07, 6.45) is 4.77. The number of hydrogen-bond acceptors (Lipinski definition) is 2. The van der Waals surface area contributed by atoms with Crippen LogP contribution in [0, 0.1) is 5.92 Å². The third kappa shape index (κ3) is 3.68. The van der Waals surface area contributed by atoms with E-state index in [0.717, 1.165) is 23.7 Å². The third-order valence-corrected chi connectivity index (χ3v) is 3.85. The molecule has 1 heterocycles. The summed E-state index contributed by atoms with van der Waals surface area (Å²) < 4.78 is 0.870. The maximum Gasteiger partial charge on any atom is 0.269 e. The van der Waals surface area contributed by atoms with Crippen molar-refractivity contribution in [3.05, 3.63) is 28.5 Å². The molecule has 0 aliphatic heterocycles. The van der Waals surface area contributed by atoms with Gasteiger partial charge in [-0.25, -0.2) is 4.98 Å². The van der Waals surface area contributed by atoms with Gasteiger partial charge >= 0.3 is 0 Å². The van der Waals surface area contributed by atoms with Gasteiger partial charge in [-0.3, -0.25) is 4.79 Å². The molecule has 1 aliphatic carbocycles. The van der Waals surface area contributed by atoms with Crippen molar-refractivity contribution in [1.29, 1.82) is 0 Å². The number of pyridine rings is 1. The van der Waals surface area contributed by atoms with E-state index in [9.17, 15) is 4.79 Å². The van der Waals surface area contributed by atoms with Gasteiger partial charge in [0.05, 0.1) is 0 Å². The Morgan fingerprint density at radius 2 is 2.35 bits per heavy atom. The first-order valence-corrected chi connectivity index (χ1v) is 6.92. The highest BCUT2D eigenvalue weighted by Gasteiger charge is 2.23. The smallest absolute Gasteiger partial charge is 0.269 e. The Morgan fingerprint density at radius 1 is 1.53 bits per heavy atom. The first-order valence-electron chi connectivity index (χ1n) is 5.69. The molecule has 0 aromatic carbocycles. The molecule has 1 saturated carbocycles. The number of carbonyl (C=O) groups is 1. The number of rotatable bonds is 3. The second-order valence-electron chi connectivity index (χ2n) is 4.35. The van der Waals surface area contributed by atoms with Crippen molar-refractivity contribution in [2.24, 2.45) is 5.92 Å². The highest BCUT2D eigenvalue weighted by molar-refractivity contribution is 9.10. The van der Waals surface area contributed by atoms with Gasteiger partial charge in [-0.1, -0.05) is 0 Å². The van der Waals surface area contributed by atoms with E-state index in [1.807, 2.05) is 6.07 Å². The molecule has 2 unspecified atom stereocenters. The van der Waals surface area contributed by atoms with Crippen LogP contribution < -0.4 is 5.32 Å². The number of alkyl halides is 1. The highest BCUT2D eigenvalue weighted by Crippen LogP contribution is 2.28. The molecule has 3 nitrogen and oxygen atoms in total. The Kier molecular flexibility index (Phi) is 4.40. The lowest BCUT2D eigenvalue weighted by Crippen LogP contribution is -2.29. The van der Waals surface area contributed by atoms with Crippen LogP contribution in [0.4, 0.5) is 0 Å². The predicted octanol–water partition coefficient (Wildman–Crippen LogP) is 2.98. The minimum atomic E-state index is -0.115. The molecule has 2 rings (SSSR count). The number of nitrogens with one attached hydrogen (secondary N) is 1. The van der Waals surface area contributed by atoms with E-state index in [0.29, 0.717) is 18.2 Å². The molecule has 17 heavy (non-hydrogen) atoms. The van der Waals surface area contributed by atoms with E-state index in [1.165, 1.54) is 0 Å². The van der Waals surface area contributed by atoms with Crippen molar-refractivity contribution < 1.29 is 4.79 Å². The topological polar surface area (TPSA) is 42.0 Å². The van der Waals surface area contributed by atoms with Gasteiger partial charge in [0, 0.05) is 22.6 Å². The zero-order valence-electron chi connectivity index (χ0n) is 9.33. The quantitative estimate of drug-likeness (QED) is 0.871. The van der Waals surface area contributed by atoms with E-state index < -0.39 is 0 Å². The molecule has 0 saturated heterocycles. The zero-order valence-corrected chi connectivity index (χ0v) is 11.7. The summed E-state index contributed by atoms with van der Waals surface area (Å²) in [5.74, 6) is 0.396. The Balaban J connectivity index is 1.83. The van der Waals surface area contributed by atoms with Crippen LogP contribution in [0.25, 0.3) is 0 Å². The van der Waals surface area contributed by atoms with E-state index >= 15 is 0 Å². The summed E-state index contributed by atoms with van der Waals surface area (Å²) in [6, 6.07) is 3.52. The first-order chi connectivity index (χ1) is 8.15. The molecule has 1 fully saturated rings. The van der Waals surface area contributed by atoms with E-state index in [-0.39, 0.29) is 11.3 Å². The van der Waals surface area contributed by atoms with Crippen LogP contribution in [0.1, 0.15) is 29.8 Å². The van der Waals surface area contributed by atoms with Gasteiger partial charge in [0.1, 0.15) is 5.69 Å². The molecular formula is C12H14BrClN2O. The van der Waals surface area contributed by atoms with Crippen molar-refractivity contribution in [1.82, 2.24) is 10.3 Å². The van der Waals surface area contributed by atoms with Crippen LogP contribution in [-0.2, 0) is 0 Å². The predicted molar refractivity (Wildman–Crippen MR) is 71.3 cm³/mol. The molecule has 1 aromatic rings. The summed E-state index contributed by atoms with van der Waals surface area (Å²) in [4.78, 5) is 15.8. The van der Waals surface area contributed by atoms with Gasteiger partial charge in [-0.05, 0) is 53.2 Å². The van der Waals surface area contributed by atoms with Crippen LogP contribution in [0.3, 0.4) is 0 Å². The van der Waals surface area contributed by atoms with Gasteiger partial charge in [-0.2, -0.15) is 0 Å². The SMILES string of the molecule is O=C(NCC1CCC(Cl)C1)c1ccc(Br)cn1. The third-order valence-electron chi connectivity index (χ3n) is 2.99. The minimum Gasteiger partial charge on any atom is -0.350 e. The van der Waals surface area contributed by atoms with Gasteiger partial charge in [0.25, 0.3) is 5.91 Å². The largest absolute Gasteiger partial charge is 0.350 e. The maximum atomic E-state index is 11.8. The summed E-state index contributed by atoms with van der Waals surface area (Å²) in [5.41, 5.74) is 0.452. The molecule has 0 spiro atoms. The van der Waals surface area contributed by atoms with Crippen LogP contribution in [-0.4, -0.2) is 22.8 Å². The van der Waals surface area contributed by atoms with Crippen molar-refractivity contribution in [2.45, 2.75) is 24.6 Å². The Bertz CT molecular complexity index is 396. The summed E-state index contributed by atoms with van der Waals surface area (Å²) in [7, 11) is 0. The van der Waals surface area contributed by atoms with Crippen molar-refractivity contribution >= 4 is 33.4 Å². The van der Waals surface area contributed by atoms with E-state index in [2.05, 4.69) is 26.2 Å². The molecule has 0 bridgehead atoms. The Labute approximate surface area is 114 Å². The lowest BCUT2D eigenvalue weighted by Gasteiger charge is -2.10. The average molecular weight is 318 g/mol. The van der Waals surface area contributed by atoms with Crippen LogP contribution in [0.15, 0.2) is 22.8 Å². The Morgan fingerprint density at radius 3 is 2.94 bits per heavy atom. The summed E-state index contributed by atoms with van der Waals surface area (Å²) >= 11 is 9.31. The van der Waals surface area contributed by atoms with E-state index in [1.54, 1.807) is 12.3 Å². The van der Waals surface area contributed by atoms with Gasteiger partial charge in [0.2, 0.25) is 0 Å². The molecule has 1 aromatic heterocycles. The number of carbonyl (C=O) groups excluding carboxylic acids is 1. The fourth-order valence-corrected chi connectivity index (χ4v) is 2.65. The fraction of sp³-hybridized carbons (Fsp3) is 0.500. The van der Waals surface area contributed by atoms with Gasteiger partial charge < -0.3 is 5.32 Å². The van der Waals surface area contributed by atoms with Crippen molar-refractivity contribution in [2.75, 3.05) is 6.54 Å². The summed E-state index contributed by atoms with van der Waals surface area (Å²) in [6.45, 7) is 0.694. The number of nitrogens with zero attached hydrogens (tertiary/aromatic N) is 1. The number of halogens is 2. The standard InChI is InChI=1S/C12H14BrClN2O/c13-9-2-4-11(15-7-9)12(17)16-6-8-1-3-10(14)5-8/h2,4,7-8,10H,1,3,5-6H2,(H,16,17). The lowest BCUT2D eigenvalue weighted by molar-refractivity contribution is 0.0942. The van der Waals surface area contributed by atoms with Gasteiger partial charge in [0.15, 0.2) is 0 Å². The molecule has 1 aliphatic rings. The van der Waals surface area contributed by atoms with Crippen molar-refractivity contribution in [3.8, 4) is 0 Å². The maximum absolute atomic E-state index is 11.8. The molecular weight excluding hydrogens is 304 g/mol. The van der Waals surface area contributed by atoms with Gasteiger partial charge in [-0.15, -0.1) is 11.6 Å². The second-order valence-corrected chi connectivity index (χ2v) is 5.88. The molecule has 92 valence electrons. The van der Waals surface area contributed by atoms with Crippen LogP contribution >= 0.6 is 27.5 Å². The monoisotopic (exact) mass is 316 g/mol. The van der Waals surface area contributed by atoms with Crippen molar-refractivity contribution in [3.63, 3.8) is 0 Å². The van der Waals surface area contributed by atoms with E-state index in [4.69, 9.17) is 11.6 Å². The molecule has 5 heteroatoms. The second kappa shape index (κ2) is 5.83. The average Bonchev–Trinajstić information content (AvgIpc) is 2.73. The molecule has 1 N–H and O–H groups in total. The molecule has 1 amide bonds. The highest BCUT2D eigenvalue weighted by atomic mass is 79.9. The number of aromatic nitrogens is 1. The lowest BCUT2D eigenvalue weighted by atomic mass is 10.1. The molecule has 0 radical (unpaired) electrons. The number of amides is 1. The normalized spacial score (nSPS) is 23.6. The fourth-order valence-electron chi connectivity index (χ4n) is 2.04. The summed E-state index contributed by atoms with van der Waals surface area (Å²) in [5, 5.41) is 3.19. The first kappa shape index (κ1) is 12.8. The minimum absolute atomic E-state index is 0.115.